The second-order valence-corrected chi connectivity index (χ2v) is 4.59. The van der Waals surface area contributed by atoms with E-state index in [0.29, 0.717) is 17.3 Å². The average Bonchev–Trinajstić information content (AvgIpc) is 2.93. The Hall–Kier alpha value is -1.85. The Morgan fingerprint density at radius 3 is 2.89 bits per heavy atom. The number of hydrogen-bond acceptors (Lipinski definition) is 4. The third kappa shape index (κ3) is 2.69. The molecule has 0 fully saturated rings. The van der Waals surface area contributed by atoms with Crippen LogP contribution in [-0.2, 0) is 6.61 Å². The van der Waals surface area contributed by atoms with Crippen molar-refractivity contribution in [1.82, 2.24) is 0 Å². The molecule has 2 rings (SSSR count). The van der Waals surface area contributed by atoms with Crippen molar-refractivity contribution in [2.75, 3.05) is 7.11 Å². The number of aliphatic imine (C=N–C) groups is 1. The third-order valence-corrected chi connectivity index (χ3v) is 3.33. The van der Waals surface area contributed by atoms with E-state index in [1.54, 1.807) is 25.3 Å². The zero-order valence-corrected chi connectivity index (χ0v) is 10.8. The van der Waals surface area contributed by atoms with Crippen LogP contribution in [0.2, 0.25) is 0 Å². The molecule has 0 atom stereocenters. The first-order valence-electron chi connectivity index (χ1n) is 5.40. The molecule has 94 valence electrons. The van der Waals surface area contributed by atoms with E-state index in [0.717, 1.165) is 10.4 Å². The fraction of sp³-hybridized carbons (Fsp3) is 0.154. The predicted molar refractivity (Wildman–Crippen MR) is 73.6 cm³/mol. The average molecular weight is 262 g/mol. The van der Waals surface area contributed by atoms with Crippen LogP contribution < -0.4 is 10.5 Å². The number of aliphatic hydroxyl groups is 1. The summed E-state index contributed by atoms with van der Waals surface area (Å²) in [4.78, 5) is 5.27. The Morgan fingerprint density at radius 1 is 1.44 bits per heavy atom. The van der Waals surface area contributed by atoms with Gasteiger partial charge in [0.05, 0.1) is 18.6 Å². The van der Waals surface area contributed by atoms with Crippen molar-refractivity contribution in [3.8, 4) is 5.75 Å². The summed E-state index contributed by atoms with van der Waals surface area (Å²) in [6.45, 7) is -0.0270. The first-order chi connectivity index (χ1) is 8.74. The number of rotatable bonds is 4. The van der Waals surface area contributed by atoms with E-state index in [1.165, 1.54) is 11.3 Å². The smallest absolute Gasteiger partial charge is 0.144 e. The Kier molecular flexibility index (Phi) is 3.96. The van der Waals surface area contributed by atoms with Crippen molar-refractivity contribution in [3.05, 3.63) is 46.2 Å². The number of ether oxygens (including phenoxy) is 1. The Labute approximate surface area is 109 Å². The lowest BCUT2D eigenvalue weighted by molar-refractivity contribution is 0.281. The van der Waals surface area contributed by atoms with Crippen molar-refractivity contribution in [2.45, 2.75) is 6.61 Å². The fourth-order valence-corrected chi connectivity index (χ4v) is 2.15. The topological polar surface area (TPSA) is 67.8 Å². The van der Waals surface area contributed by atoms with E-state index in [1.807, 2.05) is 17.5 Å². The monoisotopic (exact) mass is 262 g/mol. The van der Waals surface area contributed by atoms with E-state index >= 15 is 0 Å². The largest absolute Gasteiger partial charge is 0.494 e. The summed E-state index contributed by atoms with van der Waals surface area (Å²) in [6, 6.07) is 9.17. The lowest BCUT2D eigenvalue weighted by Crippen LogP contribution is -2.10. The molecule has 4 nitrogen and oxygen atoms in total. The number of thiophene rings is 1. The van der Waals surface area contributed by atoms with Crippen LogP contribution in [0.15, 0.2) is 40.7 Å². The normalized spacial score (nSPS) is 11.6. The number of aliphatic hydroxyl groups excluding tert-OH is 1. The maximum atomic E-state index is 9.07. The summed E-state index contributed by atoms with van der Waals surface area (Å²) in [5, 5.41) is 11.0. The molecule has 0 spiro atoms. The molecular formula is C13H14N2O2S. The molecule has 18 heavy (non-hydrogen) atoms. The molecule has 5 heteroatoms. The lowest BCUT2D eigenvalue weighted by Gasteiger charge is -2.07. The highest BCUT2D eigenvalue weighted by Gasteiger charge is 2.05. The highest BCUT2D eigenvalue weighted by atomic mass is 32.1. The number of amidine groups is 1. The van der Waals surface area contributed by atoms with Gasteiger partial charge in [-0.05, 0) is 29.1 Å². The molecular weight excluding hydrogens is 248 g/mol. The number of hydrogen-bond donors (Lipinski definition) is 2. The minimum Gasteiger partial charge on any atom is -0.494 e. The molecule has 1 heterocycles. The third-order valence-electron chi connectivity index (χ3n) is 2.44. The summed E-state index contributed by atoms with van der Waals surface area (Å²) in [5.41, 5.74) is 7.35. The van der Waals surface area contributed by atoms with Crippen LogP contribution in [0.3, 0.4) is 0 Å². The van der Waals surface area contributed by atoms with Gasteiger partial charge in [0, 0.05) is 0 Å². The molecule has 0 aliphatic carbocycles. The molecule has 0 aliphatic heterocycles. The molecule has 3 N–H and O–H groups in total. The molecule has 2 aromatic rings. The first kappa shape index (κ1) is 12.6. The summed E-state index contributed by atoms with van der Waals surface area (Å²) in [7, 11) is 1.57. The van der Waals surface area contributed by atoms with Crippen LogP contribution in [0.1, 0.15) is 10.4 Å². The van der Waals surface area contributed by atoms with Crippen molar-refractivity contribution in [3.63, 3.8) is 0 Å². The molecule has 0 saturated carbocycles. The zero-order valence-electron chi connectivity index (χ0n) is 9.96. The van der Waals surface area contributed by atoms with Gasteiger partial charge in [0.2, 0.25) is 0 Å². The number of nitrogens with two attached hydrogens (primary N) is 1. The quantitative estimate of drug-likeness (QED) is 0.656. The van der Waals surface area contributed by atoms with Crippen LogP contribution in [0.4, 0.5) is 5.69 Å². The van der Waals surface area contributed by atoms with Crippen LogP contribution in [0, 0.1) is 0 Å². The van der Waals surface area contributed by atoms with Crippen molar-refractivity contribution < 1.29 is 9.84 Å². The van der Waals surface area contributed by atoms with Crippen LogP contribution in [0.5, 0.6) is 5.75 Å². The Morgan fingerprint density at radius 2 is 2.28 bits per heavy atom. The highest BCUT2D eigenvalue weighted by molar-refractivity contribution is 7.12. The minimum absolute atomic E-state index is 0.0270. The van der Waals surface area contributed by atoms with E-state index in [2.05, 4.69) is 4.99 Å². The molecule has 1 aromatic carbocycles. The van der Waals surface area contributed by atoms with Gasteiger partial charge in [-0.1, -0.05) is 12.1 Å². The molecule has 1 aromatic heterocycles. The van der Waals surface area contributed by atoms with Gasteiger partial charge in [-0.2, -0.15) is 0 Å². The fourth-order valence-electron chi connectivity index (χ4n) is 1.52. The predicted octanol–water partition coefficient (Wildman–Crippen LogP) is 2.29. The molecule has 0 unspecified atom stereocenters. The maximum absolute atomic E-state index is 9.07. The van der Waals surface area contributed by atoms with Crippen molar-refractivity contribution in [2.24, 2.45) is 10.7 Å². The van der Waals surface area contributed by atoms with Crippen LogP contribution in [-0.4, -0.2) is 18.1 Å². The summed E-state index contributed by atoms with van der Waals surface area (Å²) < 4.78 is 5.24. The van der Waals surface area contributed by atoms with Gasteiger partial charge < -0.3 is 15.6 Å². The zero-order chi connectivity index (χ0) is 13.0. The molecule has 0 amide bonds. The molecule has 0 radical (unpaired) electrons. The molecule has 0 saturated heterocycles. The molecule has 0 bridgehead atoms. The van der Waals surface area contributed by atoms with Crippen LogP contribution in [0.25, 0.3) is 0 Å². The van der Waals surface area contributed by atoms with E-state index in [-0.39, 0.29) is 6.61 Å². The number of methoxy groups -OCH3 is 1. The van der Waals surface area contributed by atoms with Gasteiger partial charge in [-0.15, -0.1) is 11.3 Å². The summed E-state index contributed by atoms with van der Waals surface area (Å²) in [5.74, 6) is 1.06. The number of nitrogens with zero attached hydrogens (tertiary/aromatic N) is 1. The second-order valence-electron chi connectivity index (χ2n) is 3.64. The van der Waals surface area contributed by atoms with Crippen molar-refractivity contribution >= 4 is 22.9 Å². The first-order valence-corrected chi connectivity index (χ1v) is 6.28. The van der Waals surface area contributed by atoms with Crippen molar-refractivity contribution in [1.29, 1.82) is 0 Å². The highest BCUT2D eigenvalue weighted by Crippen LogP contribution is 2.29. The van der Waals surface area contributed by atoms with E-state index in [9.17, 15) is 0 Å². The van der Waals surface area contributed by atoms with Gasteiger partial charge in [0.15, 0.2) is 0 Å². The van der Waals surface area contributed by atoms with Gasteiger partial charge in [-0.3, -0.25) is 0 Å². The lowest BCUT2D eigenvalue weighted by atomic mass is 10.2. The Balaban J connectivity index is 2.36. The van der Waals surface area contributed by atoms with Crippen LogP contribution >= 0.6 is 11.3 Å². The standard InChI is InChI=1S/C13H14N2O2S/c1-17-11-7-9(8-16)4-5-10(11)15-13(14)12-3-2-6-18-12/h2-7,16H,8H2,1H3,(H2,14,15). The molecule has 0 aliphatic rings. The second kappa shape index (κ2) is 5.66. The maximum Gasteiger partial charge on any atom is 0.144 e. The van der Waals surface area contributed by atoms with E-state index in [4.69, 9.17) is 15.6 Å². The Bertz CT molecular complexity index is 550. The summed E-state index contributed by atoms with van der Waals surface area (Å²) in [6.07, 6.45) is 0. The summed E-state index contributed by atoms with van der Waals surface area (Å²) >= 11 is 1.53. The van der Waals surface area contributed by atoms with Gasteiger partial charge in [0.25, 0.3) is 0 Å². The van der Waals surface area contributed by atoms with Gasteiger partial charge in [-0.25, -0.2) is 4.99 Å². The van der Waals surface area contributed by atoms with Gasteiger partial charge in [0.1, 0.15) is 17.3 Å². The minimum atomic E-state index is -0.0270. The number of benzene rings is 1. The van der Waals surface area contributed by atoms with E-state index < -0.39 is 0 Å². The van der Waals surface area contributed by atoms with Gasteiger partial charge >= 0.3 is 0 Å². The SMILES string of the molecule is COc1cc(CO)ccc1N=C(N)c1cccs1.